The Morgan fingerprint density at radius 2 is 2.24 bits per heavy atom. The van der Waals surface area contributed by atoms with Gasteiger partial charge in [0.15, 0.2) is 0 Å². The van der Waals surface area contributed by atoms with Crippen molar-refractivity contribution in [2.45, 2.75) is 32.1 Å². The largest absolute Gasteiger partial charge is 0.351 e. The Hall–Kier alpha value is -1.36. The second-order valence-electron chi connectivity index (χ2n) is 7.14. The Morgan fingerprint density at radius 3 is 3.00 bits per heavy atom. The monoisotopic (exact) mass is 289 g/mol. The summed E-state index contributed by atoms with van der Waals surface area (Å²) >= 11 is 0. The number of hydrogen-bond acceptors (Lipinski definition) is 4. The standard InChI is InChI=1S/C16H23N3O2/c20-15(14-4-7-17-21-14)19-9-6-16(12-19)5-1-8-18(11-16)10-13-2-3-13/h4,7,13H,1-3,5-6,8-12H2. The van der Waals surface area contributed by atoms with Gasteiger partial charge in [-0.15, -0.1) is 0 Å². The highest BCUT2D eigenvalue weighted by Gasteiger charge is 2.43. The van der Waals surface area contributed by atoms with Crippen LogP contribution in [0, 0.1) is 11.3 Å². The van der Waals surface area contributed by atoms with Gasteiger partial charge in [-0.05, 0) is 44.6 Å². The Balaban J connectivity index is 1.41. The topological polar surface area (TPSA) is 49.6 Å². The molecule has 3 heterocycles. The summed E-state index contributed by atoms with van der Waals surface area (Å²) < 4.78 is 5.01. The highest BCUT2D eigenvalue weighted by molar-refractivity contribution is 5.91. The first-order chi connectivity index (χ1) is 10.2. The van der Waals surface area contributed by atoms with E-state index < -0.39 is 0 Å². The summed E-state index contributed by atoms with van der Waals surface area (Å²) in [5, 5.41) is 3.64. The Labute approximate surface area is 125 Å². The quantitative estimate of drug-likeness (QED) is 0.854. The van der Waals surface area contributed by atoms with Gasteiger partial charge < -0.3 is 14.3 Å². The van der Waals surface area contributed by atoms with Gasteiger partial charge in [0.2, 0.25) is 5.76 Å². The number of likely N-dealkylation sites (tertiary alicyclic amines) is 2. The molecule has 3 aliphatic rings. The molecular weight excluding hydrogens is 266 g/mol. The van der Waals surface area contributed by atoms with Crippen LogP contribution in [0.15, 0.2) is 16.8 Å². The van der Waals surface area contributed by atoms with Gasteiger partial charge in [0, 0.05) is 37.7 Å². The molecule has 1 amide bonds. The number of rotatable bonds is 3. The Morgan fingerprint density at radius 1 is 1.33 bits per heavy atom. The zero-order chi connectivity index (χ0) is 14.3. The smallest absolute Gasteiger partial charge is 0.292 e. The molecule has 1 atom stereocenters. The van der Waals surface area contributed by atoms with E-state index >= 15 is 0 Å². The molecule has 0 bridgehead atoms. The molecular formula is C16H23N3O2. The van der Waals surface area contributed by atoms with Crippen molar-refractivity contribution in [1.82, 2.24) is 15.0 Å². The van der Waals surface area contributed by atoms with E-state index in [-0.39, 0.29) is 5.91 Å². The van der Waals surface area contributed by atoms with E-state index in [4.69, 9.17) is 4.52 Å². The zero-order valence-electron chi connectivity index (χ0n) is 12.5. The van der Waals surface area contributed by atoms with E-state index in [1.807, 2.05) is 4.90 Å². The number of hydrogen-bond donors (Lipinski definition) is 0. The van der Waals surface area contributed by atoms with Crippen molar-refractivity contribution in [3.8, 4) is 0 Å². The average molecular weight is 289 g/mol. The molecule has 0 aromatic carbocycles. The molecule has 1 unspecified atom stereocenters. The SMILES string of the molecule is O=C(c1ccno1)N1CCC2(CCCN(CC3CC3)C2)C1. The van der Waals surface area contributed by atoms with E-state index in [0.717, 1.165) is 25.4 Å². The third kappa shape index (κ3) is 2.71. The van der Waals surface area contributed by atoms with Gasteiger partial charge in [-0.25, -0.2) is 0 Å². The van der Waals surface area contributed by atoms with Crippen LogP contribution in [-0.2, 0) is 0 Å². The summed E-state index contributed by atoms with van der Waals surface area (Å²) in [5.41, 5.74) is 0.322. The van der Waals surface area contributed by atoms with Crippen LogP contribution in [0.3, 0.4) is 0 Å². The fraction of sp³-hybridized carbons (Fsp3) is 0.750. The van der Waals surface area contributed by atoms with E-state index in [1.165, 1.54) is 51.5 Å². The summed E-state index contributed by atoms with van der Waals surface area (Å²) in [6, 6.07) is 1.66. The van der Waals surface area contributed by atoms with Crippen molar-refractivity contribution in [1.29, 1.82) is 0 Å². The number of nitrogens with zero attached hydrogens (tertiary/aromatic N) is 3. The summed E-state index contributed by atoms with van der Waals surface area (Å²) in [4.78, 5) is 17.0. The lowest BCUT2D eigenvalue weighted by atomic mass is 9.79. The lowest BCUT2D eigenvalue weighted by Crippen LogP contribution is -2.46. The summed E-state index contributed by atoms with van der Waals surface area (Å²) in [6.07, 6.45) is 8.04. The molecule has 0 N–H and O–H groups in total. The Kier molecular flexibility index (Phi) is 3.25. The molecule has 3 fully saturated rings. The summed E-state index contributed by atoms with van der Waals surface area (Å²) in [6.45, 7) is 5.43. The number of carbonyl (C=O) groups excluding carboxylic acids is 1. The minimum Gasteiger partial charge on any atom is -0.351 e. The van der Waals surface area contributed by atoms with Gasteiger partial charge in [0.1, 0.15) is 0 Å². The van der Waals surface area contributed by atoms with Gasteiger partial charge in [-0.2, -0.15) is 0 Å². The van der Waals surface area contributed by atoms with Crippen LogP contribution in [0.25, 0.3) is 0 Å². The van der Waals surface area contributed by atoms with E-state index in [1.54, 1.807) is 6.07 Å². The molecule has 2 saturated heterocycles. The Bertz CT molecular complexity index is 512. The molecule has 21 heavy (non-hydrogen) atoms. The van der Waals surface area contributed by atoms with Crippen molar-refractivity contribution in [2.24, 2.45) is 11.3 Å². The van der Waals surface area contributed by atoms with Gasteiger partial charge in [0.25, 0.3) is 5.91 Å². The predicted octanol–water partition coefficient (Wildman–Crippen LogP) is 2.01. The maximum absolute atomic E-state index is 12.4. The molecule has 5 nitrogen and oxygen atoms in total. The fourth-order valence-corrected chi connectivity index (χ4v) is 4.06. The first-order valence-corrected chi connectivity index (χ1v) is 8.16. The third-order valence-electron chi connectivity index (χ3n) is 5.33. The van der Waals surface area contributed by atoms with E-state index in [2.05, 4.69) is 10.1 Å². The minimum absolute atomic E-state index is 0.00342. The lowest BCUT2D eigenvalue weighted by molar-refractivity contribution is 0.0649. The molecule has 4 rings (SSSR count). The van der Waals surface area contributed by atoms with E-state index in [9.17, 15) is 4.79 Å². The number of carbonyl (C=O) groups is 1. The molecule has 1 spiro atoms. The van der Waals surface area contributed by atoms with Crippen LogP contribution in [0.2, 0.25) is 0 Å². The van der Waals surface area contributed by atoms with Crippen molar-refractivity contribution in [3.63, 3.8) is 0 Å². The molecule has 2 aliphatic heterocycles. The minimum atomic E-state index is 0.00342. The third-order valence-corrected chi connectivity index (χ3v) is 5.33. The highest BCUT2D eigenvalue weighted by Crippen LogP contribution is 2.40. The molecule has 5 heteroatoms. The van der Waals surface area contributed by atoms with Gasteiger partial charge in [-0.1, -0.05) is 5.16 Å². The van der Waals surface area contributed by atoms with Crippen molar-refractivity contribution in [2.75, 3.05) is 32.7 Å². The van der Waals surface area contributed by atoms with E-state index in [0.29, 0.717) is 11.2 Å². The number of piperidine rings is 1. The van der Waals surface area contributed by atoms with Crippen LogP contribution < -0.4 is 0 Å². The van der Waals surface area contributed by atoms with Crippen molar-refractivity contribution in [3.05, 3.63) is 18.0 Å². The average Bonchev–Trinajstić information content (AvgIpc) is 3.00. The maximum atomic E-state index is 12.4. The van der Waals surface area contributed by atoms with Crippen LogP contribution in [-0.4, -0.2) is 53.6 Å². The highest BCUT2D eigenvalue weighted by atomic mass is 16.5. The van der Waals surface area contributed by atoms with Gasteiger partial charge >= 0.3 is 0 Å². The first kappa shape index (κ1) is 13.3. The number of aromatic nitrogens is 1. The molecule has 0 radical (unpaired) electrons. The second kappa shape index (κ2) is 5.13. The predicted molar refractivity (Wildman–Crippen MR) is 77.9 cm³/mol. The molecule has 1 aromatic rings. The normalized spacial score (nSPS) is 30.2. The molecule has 1 saturated carbocycles. The zero-order valence-corrected chi connectivity index (χ0v) is 12.5. The van der Waals surface area contributed by atoms with Gasteiger partial charge in [-0.3, -0.25) is 4.79 Å². The van der Waals surface area contributed by atoms with Crippen LogP contribution in [0.5, 0.6) is 0 Å². The van der Waals surface area contributed by atoms with Crippen LogP contribution in [0.4, 0.5) is 0 Å². The summed E-state index contributed by atoms with van der Waals surface area (Å²) in [7, 11) is 0. The summed E-state index contributed by atoms with van der Waals surface area (Å²) in [5.74, 6) is 1.33. The van der Waals surface area contributed by atoms with Crippen LogP contribution >= 0.6 is 0 Å². The number of amides is 1. The second-order valence-corrected chi connectivity index (χ2v) is 7.14. The van der Waals surface area contributed by atoms with Crippen molar-refractivity contribution < 1.29 is 9.32 Å². The van der Waals surface area contributed by atoms with Gasteiger partial charge in [0.05, 0.1) is 6.20 Å². The first-order valence-electron chi connectivity index (χ1n) is 8.16. The maximum Gasteiger partial charge on any atom is 0.292 e. The molecule has 1 aromatic heterocycles. The van der Waals surface area contributed by atoms with Crippen LogP contribution in [0.1, 0.15) is 42.7 Å². The lowest BCUT2D eigenvalue weighted by Gasteiger charge is -2.40. The molecule has 1 aliphatic carbocycles. The van der Waals surface area contributed by atoms with Crippen molar-refractivity contribution >= 4 is 5.91 Å². The fourth-order valence-electron chi connectivity index (χ4n) is 4.06. The molecule has 114 valence electrons.